The van der Waals surface area contributed by atoms with Gasteiger partial charge < -0.3 is 5.32 Å². The van der Waals surface area contributed by atoms with Crippen LogP contribution in [0.15, 0.2) is 48.5 Å². The third-order valence-corrected chi connectivity index (χ3v) is 5.39. The van der Waals surface area contributed by atoms with Crippen molar-refractivity contribution in [3.8, 4) is 0 Å². The SMILES string of the molecule is CCCCCCCCNCc1c2ccccc2c(Cl)c2ccccc12. The standard InChI is InChI=1S/C23H28ClN/c1-2-3-4-5-6-11-16-25-17-22-18-12-7-9-14-20(18)23(24)21-15-10-8-13-19(21)22/h7-10,12-15,25H,2-6,11,16-17H2,1H3. The number of rotatable bonds is 9. The zero-order chi connectivity index (χ0) is 17.5. The first-order valence-electron chi connectivity index (χ1n) is 9.61. The van der Waals surface area contributed by atoms with E-state index in [0.29, 0.717) is 0 Å². The maximum Gasteiger partial charge on any atom is 0.0562 e. The molecule has 25 heavy (non-hydrogen) atoms. The van der Waals surface area contributed by atoms with E-state index < -0.39 is 0 Å². The van der Waals surface area contributed by atoms with E-state index in [9.17, 15) is 0 Å². The number of unbranched alkanes of at least 4 members (excludes halogenated alkanes) is 5. The predicted molar refractivity (Wildman–Crippen MR) is 112 cm³/mol. The second-order valence-corrected chi connectivity index (χ2v) is 7.21. The zero-order valence-corrected chi connectivity index (χ0v) is 15.9. The molecule has 0 fully saturated rings. The van der Waals surface area contributed by atoms with Crippen LogP contribution in [0.1, 0.15) is 51.0 Å². The second kappa shape index (κ2) is 9.22. The van der Waals surface area contributed by atoms with Crippen molar-refractivity contribution in [2.45, 2.75) is 52.0 Å². The molecule has 0 spiro atoms. The highest BCUT2D eigenvalue weighted by atomic mass is 35.5. The fraction of sp³-hybridized carbons (Fsp3) is 0.391. The van der Waals surface area contributed by atoms with E-state index in [-0.39, 0.29) is 0 Å². The molecule has 0 aliphatic heterocycles. The van der Waals surface area contributed by atoms with Gasteiger partial charge >= 0.3 is 0 Å². The summed E-state index contributed by atoms with van der Waals surface area (Å²) < 4.78 is 0. The van der Waals surface area contributed by atoms with Crippen molar-refractivity contribution < 1.29 is 0 Å². The summed E-state index contributed by atoms with van der Waals surface area (Å²) in [5.41, 5.74) is 1.36. The number of benzene rings is 3. The lowest BCUT2D eigenvalue weighted by atomic mass is 9.96. The molecule has 0 heterocycles. The predicted octanol–water partition coefficient (Wildman–Crippen LogP) is 7.10. The summed E-state index contributed by atoms with van der Waals surface area (Å²) in [6, 6.07) is 17.0. The molecule has 3 aromatic carbocycles. The van der Waals surface area contributed by atoms with E-state index in [2.05, 4.69) is 60.8 Å². The molecule has 0 amide bonds. The Morgan fingerprint density at radius 1 is 0.720 bits per heavy atom. The molecular weight excluding hydrogens is 326 g/mol. The number of hydrogen-bond donors (Lipinski definition) is 1. The van der Waals surface area contributed by atoms with E-state index in [4.69, 9.17) is 11.6 Å². The Morgan fingerprint density at radius 2 is 1.24 bits per heavy atom. The van der Waals surface area contributed by atoms with Crippen LogP contribution in [0.5, 0.6) is 0 Å². The average molecular weight is 354 g/mol. The lowest BCUT2D eigenvalue weighted by Gasteiger charge is -2.14. The molecule has 0 saturated carbocycles. The summed E-state index contributed by atoms with van der Waals surface area (Å²) in [7, 11) is 0. The van der Waals surface area contributed by atoms with E-state index in [0.717, 1.165) is 28.9 Å². The minimum absolute atomic E-state index is 0.867. The van der Waals surface area contributed by atoms with Crippen molar-refractivity contribution in [1.82, 2.24) is 5.32 Å². The molecule has 132 valence electrons. The number of hydrogen-bond acceptors (Lipinski definition) is 1. The second-order valence-electron chi connectivity index (χ2n) is 6.83. The summed E-state index contributed by atoms with van der Waals surface area (Å²) in [5, 5.41) is 9.35. The quantitative estimate of drug-likeness (QED) is 0.319. The molecule has 3 aromatic rings. The Balaban J connectivity index is 1.73. The van der Waals surface area contributed by atoms with Gasteiger partial charge in [-0.3, -0.25) is 0 Å². The number of fused-ring (bicyclic) bond motifs is 2. The summed E-state index contributed by atoms with van der Waals surface area (Å²) in [6.07, 6.45) is 8.01. The first kappa shape index (κ1) is 18.2. The fourth-order valence-electron chi connectivity index (χ4n) is 3.60. The average Bonchev–Trinajstić information content (AvgIpc) is 2.66. The van der Waals surface area contributed by atoms with Gasteiger partial charge in [0.1, 0.15) is 0 Å². The smallest absolute Gasteiger partial charge is 0.0562 e. The Morgan fingerprint density at radius 3 is 1.84 bits per heavy atom. The molecular formula is C23H28ClN. The van der Waals surface area contributed by atoms with Gasteiger partial charge in [0.05, 0.1) is 5.02 Å². The highest BCUT2D eigenvalue weighted by molar-refractivity contribution is 6.41. The van der Waals surface area contributed by atoms with Gasteiger partial charge in [-0.05, 0) is 29.3 Å². The van der Waals surface area contributed by atoms with Crippen LogP contribution in [0, 0.1) is 0 Å². The van der Waals surface area contributed by atoms with Crippen LogP contribution in [0.25, 0.3) is 21.5 Å². The highest BCUT2D eigenvalue weighted by Crippen LogP contribution is 2.35. The van der Waals surface area contributed by atoms with Crippen LogP contribution in [0.3, 0.4) is 0 Å². The van der Waals surface area contributed by atoms with E-state index in [1.807, 2.05) is 0 Å². The summed E-state index contributed by atoms with van der Waals surface area (Å²) in [5.74, 6) is 0. The molecule has 3 rings (SSSR count). The molecule has 0 atom stereocenters. The molecule has 0 radical (unpaired) electrons. The van der Waals surface area contributed by atoms with E-state index in [1.54, 1.807) is 0 Å². The van der Waals surface area contributed by atoms with Crippen molar-refractivity contribution in [2.24, 2.45) is 0 Å². The van der Waals surface area contributed by atoms with Crippen molar-refractivity contribution in [3.63, 3.8) is 0 Å². The van der Waals surface area contributed by atoms with Crippen LogP contribution < -0.4 is 5.32 Å². The van der Waals surface area contributed by atoms with Gasteiger partial charge in [-0.2, -0.15) is 0 Å². The van der Waals surface area contributed by atoms with Gasteiger partial charge in [-0.1, -0.05) is 99.2 Å². The maximum atomic E-state index is 6.67. The van der Waals surface area contributed by atoms with E-state index in [1.165, 1.54) is 54.9 Å². The Kier molecular flexibility index (Phi) is 6.72. The Bertz CT molecular complexity index is 768. The molecule has 0 aliphatic carbocycles. The molecule has 0 unspecified atom stereocenters. The Labute approximate surface area is 156 Å². The van der Waals surface area contributed by atoms with Crippen LogP contribution in [-0.2, 0) is 6.54 Å². The van der Waals surface area contributed by atoms with Gasteiger partial charge in [0.2, 0.25) is 0 Å². The van der Waals surface area contributed by atoms with Crippen molar-refractivity contribution in [1.29, 1.82) is 0 Å². The molecule has 1 nitrogen and oxygen atoms in total. The molecule has 0 bridgehead atoms. The fourth-order valence-corrected chi connectivity index (χ4v) is 3.93. The third kappa shape index (κ3) is 4.34. The summed E-state index contributed by atoms with van der Waals surface area (Å²) in [4.78, 5) is 0. The molecule has 0 aromatic heterocycles. The van der Waals surface area contributed by atoms with Gasteiger partial charge in [0, 0.05) is 17.3 Å². The third-order valence-electron chi connectivity index (χ3n) is 4.99. The van der Waals surface area contributed by atoms with Gasteiger partial charge in [-0.25, -0.2) is 0 Å². The van der Waals surface area contributed by atoms with Gasteiger partial charge in [-0.15, -0.1) is 0 Å². The van der Waals surface area contributed by atoms with Crippen molar-refractivity contribution in [2.75, 3.05) is 6.54 Å². The van der Waals surface area contributed by atoms with Crippen molar-refractivity contribution in [3.05, 3.63) is 59.1 Å². The molecule has 0 aliphatic rings. The minimum Gasteiger partial charge on any atom is -0.313 e. The Hall–Kier alpha value is -1.57. The number of halogens is 1. The number of nitrogens with one attached hydrogen (secondary N) is 1. The highest BCUT2D eigenvalue weighted by Gasteiger charge is 2.11. The van der Waals surface area contributed by atoms with Crippen LogP contribution in [0.4, 0.5) is 0 Å². The van der Waals surface area contributed by atoms with Crippen LogP contribution in [0.2, 0.25) is 5.02 Å². The molecule has 0 saturated heterocycles. The lowest BCUT2D eigenvalue weighted by molar-refractivity contribution is 0.573. The summed E-state index contributed by atoms with van der Waals surface area (Å²) in [6.45, 7) is 4.24. The normalized spacial score (nSPS) is 11.4. The first-order chi connectivity index (χ1) is 12.3. The summed E-state index contributed by atoms with van der Waals surface area (Å²) >= 11 is 6.67. The van der Waals surface area contributed by atoms with Gasteiger partial charge in [0.25, 0.3) is 0 Å². The monoisotopic (exact) mass is 353 g/mol. The van der Waals surface area contributed by atoms with Crippen molar-refractivity contribution >= 4 is 33.1 Å². The lowest BCUT2D eigenvalue weighted by Crippen LogP contribution is -2.15. The molecule has 1 N–H and O–H groups in total. The van der Waals surface area contributed by atoms with Crippen LogP contribution in [-0.4, -0.2) is 6.54 Å². The molecule has 2 heteroatoms. The van der Waals surface area contributed by atoms with Gasteiger partial charge in [0.15, 0.2) is 0 Å². The first-order valence-corrected chi connectivity index (χ1v) is 9.99. The topological polar surface area (TPSA) is 12.0 Å². The largest absolute Gasteiger partial charge is 0.313 e. The minimum atomic E-state index is 0.867. The maximum absolute atomic E-state index is 6.67. The van der Waals surface area contributed by atoms with Crippen LogP contribution >= 0.6 is 11.6 Å². The zero-order valence-electron chi connectivity index (χ0n) is 15.2. The van der Waals surface area contributed by atoms with E-state index >= 15 is 0 Å².